The molecular weight excluding hydrogens is 297 g/mol. The first-order valence-corrected chi connectivity index (χ1v) is 5.93. The van der Waals surface area contributed by atoms with E-state index in [9.17, 15) is 4.79 Å². The summed E-state index contributed by atoms with van der Waals surface area (Å²) in [6.45, 7) is 0. The fourth-order valence-electron chi connectivity index (χ4n) is 1.13. The number of imidazole rings is 1. The SMILES string of the molecule is O=C(CCBr)Nc1nc(Cl)c2[nH]cnc2n1. The summed E-state index contributed by atoms with van der Waals surface area (Å²) < 4.78 is 0. The fraction of sp³-hybridized carbons (Fsp3) is 0.250. The van der Waals surface area contributed by atoms with Gasteiger partial charge in [0.05, 0.1) is 6.33 Å². The summed E-state index contributed by atoms with van der Waals surface area (Å²) in [5.41, 5.74) is 0.981. The molecule has 0 atom stereocenters. The maximum atomic E-state index is 11.3. The van der Waals surface area contributed by atoms with E-state index in [-0.39, 0.29) is 17.0 Å². The molecule has 0 spiro atoms. The molecule has 0 aliphatic rings. The molecule has 1 amide bonds. The van der Waals surface area contributed by atoms with Gasteiger partial charge < -0.3 is 4.98 Å². The Hall–Kier alpha value is -1.21. The molecule has 6 nitrogen and oxygen atoms in total. The second-order valence-corrected chi connectivity index (χ2v) is 4.08. The Labute approximate surface area is 104 Å². The first-order chi connectivity index (χ1) is 7.70. The van der Waals surface area contributed by atoms with Gasteiger partial charge >= 0.3 is 0 Å². The van der Waals surface area contributed by atoms with Gasteiger partial charge in [0.15, 0.2) is 10.8 Å². The molecule has 84 valence electrons. The van der Waals surface area contributed by atoms with Crippen molar-refractivity contribution in [1.29, 1.82) is 0 Å². The van der Waals surface area contributed by atoms with E-state index in [0.717, 1.165) is 0 Å². The van der Waals surface area contributed by atoms with Crippen molar-refractivity contribution in [2.45, 2.75) is 6.42 Å². The minimum Gasteiger partial charge on any atom is -0.341 e. The van der Waals surface area contributed by atoms with Crippen LogP contribution in [-0.2, 0) is 4.79 Å². The number of H-pyrrole nitrogens is 1. The number of carbonyl (C=O) groups excluding carboxylic acids is 1. The van der Waals surface area contributed by atoms with E-state index in [4.69, 9.17) is 11.6 Å². The molecule has 0 fully saturated rings. The number of hydrogen-bond donors (Lipinski definition) is 2. The number of anilines is 1. The zero-order chi connectivity index (χ0) is 11.5. The maximum Gasteiger partial charge on any atom is 0.233 e. The topological polar surface area (TPSA) is 83.6 Å². The van der Waals surface area contributed by atoms with Gasteiger partial charge in [0.25, 0.3) is 0 Å². The molecule has 0 unspecified atom stereocenters. The summed E-state index contributed by atoms with van der Waals surface area (Å²) in [5, 5.41) is 3.35. The van der Waals surface area contributed by atoms with Crippen molar-refractivity contribution in [2.24, 2.45) is 0 Å². The predicted molar refractivity (Wildman–Crippen MR) is 63.7 cm³/mol. The fourth-order valence-corrected chi connectivity index (χ4v) is 1.71. The van der Waals surface area contributed by atoms with Crippen molar-refractivity contribution < 1.29 is 4.79 Å². The summed E-state index contributed by atoms with van der Waals surface area (Å²) in [4.78, 5) is 26.0. The Morgan fingerprint density at radius 2 is 2.38 bits per heavy atom. The number of halogens is 2. The maximum absolute atomic E-state index is 11.3. The average molecular weight is 305 g/mol. The van der Waals surface area contributed by atoms with Crippen molar-refractivity contribution in [1.82, 2.24) is 19.9 Å². The second-order valence-electron chi connectivity index (χ2n) is 2.93. The first-order valence-electron chi connectivity index (χ1n) is 4.43. The van der Waals surface area contributed by atoms with E-state index in [1.807, 2.05) is 0 Å². The number of carbonyl (C=O) groups is 1. The van der Waals surface area contributed by atoms with Crippen LogP contribution in [0.2, 0.25) is 5.15 Å². The molecule has 2 aromatic heterocycles. The molecule has 2 aromatic rings. The average Bonchev–Trinajstić information content (AvgIpc) is 2.66. The monoisotopic (exact) mass is 303 g/mol. The highest BCUT2D eigenvalue weighted by atomic mass is 79.9. The molecule has 2 rings (SSSR count). The molecule has 2 N–H and O–H groups in total. The van der Waals surface area contributed by atoms with Gasteiger partial charge in [-0.1, -0.05) is 27.5 Å². The zero-order valence-corrected chi connectivity index (χ0v) is 10.3. The lowest BCUT2D eigenvalue weighted by molar-refractivity contribution is -0.115. The second kappa shape index (κ2) is 4.75. The van der Waals surface area contributed by atoms with Gasteiger partial charge in [0.2, 0.25) is 11.9 Å². The van der Waals surface area contributed by atoms with Gasteiger partial charge in [0.1, 0.15) is 5.52 Å². The summed E-state index contributed by atoms with van der Waals surface area (Å²) in [6, 6.07) is 0. The van der Waals surface area contributed by atoms with Crippen LogP contribution in [0.4, 0.5) is 5.95 Å². The van der Waals surface area contributed by atoms with Gasteiger partial charge in [-0.3, -0.25) is 10.1 Å². The minimum absolute atomic E-state index is 0.163. The lowest BCUT2D eigenvalue weighted by Crippen LogP contribution is -2.14. The van der Waals surface area contributed by atoms with Gasteiger partial charge in [0, 0.05) is 11.8 Å². The molecule has 0 radical (unpaired) electrons. The van der Waals surface area contributed by atoms with E-state index in [1.54, 1.807) is 0 Å². The van der Waals surface area contributed by atoms with Crippen LogP contribution in [0.5, 0.6) is 0 Å². The first kappa shape index (κ1) is 11.3. The number of fused-ring (bicyclic) bond motifs is 1. The molecule has 0 saturated carbocycles. The smallest absolute Gasteiger partial charge is 0.233 e. The summed E-state index contributed by atoms with van der Waals surface area (Å²) in [5.74, 6) is -0.0154. The van der Waals surface area contributed by atoms with Crippen LogP contribution in [0.1, 0.15) is 6.42 Å². The third-order valence-corrected chi connectivity index (χ3v) is 2.48. The number of aromatic amines is 1. The van der Waals surface area contributed by atoms with Crippen LogP contribution >= 0.6 is 27.5 Å². The molecule has 0 aromatic carbocycles. The Morgan fingerprint density at radius 3 is 3.12 bits per heavy atom. The predicted octanol–water partition coefficient (Wildman–Crippen LogP) is 1.73. The number of alkyl halides is 1. The molecule has 0 aliphatic carbocycles. The van der Waals surface area contributed by atoms with Crippen molar-refractivity contribution in [3.8, 4) is 0 Å². The summed E-state index contributed by atoms with van der Waals surface area (Å²) in [6.07, 6.45) is 1.81. The number of rotatable bonds is 3. The Balaban J connectivity index is 2.28. The summed E-state index contributed by atoms with van der Waals surface area (Å²) >= 11 is 9.05. The van der Waals surface area contributed by atoms with E-state index >= 15 is 0 Å². The lowest BCUT2D eigenvalue weighted by atomic mass is 10.4. The molecule has 16 heavy (non-hydrogen) atoms. The number of aromatic nitrogens is 4. The van der Waals surface area contributed by atoms with Crippen LogP contribution in [0, 0.1) is 0 Å². The van der Waals surface area contributed by atoms with Gasteiger partial charge in [-0.25, -0.2) is 4.98 Å². The third kappa shape index (κ3) is 2.30. The number of nitrogens with zero attached hydrogens (tertiary/aromatic N) is 3. The number of amides is 1. The highest BCUT2D eigenvalue weighted by Gasteiger charge is 2.09. The van der Waals surface area contributed by atoms with E-state index < -0.39 is 0 Å². The standard InChI is InChI=1S/C8H7BrClN5O/c9-2-1-4(16)13-8-14-6(10)5-7(15-8)12-3-11-5/h3H,1-2H2,(H2,11,12,13,14,15,16). The van der Waals surface area contributed by atoms with Crippen molar-refractivity contribution >= 4 is 50.6 Å². The van der Waals surface area contributed by atoms with Crippen LogP contribution in [0.25, 0.3) is 11.2 Å². The molecular formula is C8H7BrClN5O. The molecule has 8 heteroatoms. The molecule has 0 aliphatic heterocycles. The number of hydrogen-bond acceptors (Lipinski definition) is 4. The third-order valence-electron chi connectivity index (χ3n) is 1.81. The highest BCUT2D eigenvalue weighted by Crippen LogP contribution is 2.18. The van der Waals surface area contributed by atoms with Crippen LogP contribution < -0.4 is 5.32 Å². The Morgan fingerprint density at radius 1 is 1.56 bits per heavy atom. The van der Waals surface area contributed by atoms with Crippen molar-refractivity contribution in [3.05, 3.63) is 11.5 Å². The van der Waals surface area contributed by atoms with E-state index in [0.29, 0.717) is 22.9 Å². The van der Waals surface area contributed by atoms with Crippen LogP contribution in [-0.4, -0.2) is 31.2 Å². The van der Waals surface area contributed by atoms with Crippen molar-refractivity contribution in [3.63, 3.8) is 0 Å². The Kier molecular flexibility index (Phi) is 3.35. The minimum atomic E-state index is -0.178. The zero-order valence-electron chi connectivity index (χ0n) is 8.00. The van der Waals surface area contributed by atoms with Crippen LogP contribution in [0.3, 0.4) is 0 Å². The largest absolute Gasteiger partial charge is 0.341 e. The lowest BCUT2D eigenvalue weighted by Gasteiger charge is -2.02. The highest BCUT2D eigenvalue weighted by molar-refractivity contribution is 9.09. The van der Waals surface area contributed by atoms with Crippen molar-refractivity contribution in [2.75, 3.05) is 10.6 Å². The quantitative estimate of drug-likeness (QED) is 0.668. The van der Waals surface area contributed by atoms with Gasteiger partial charge in [-0.05, 0) is 0 Å². The molecule has 0 bridgehead atoms. The van der Waals surface area contributed by atoms with E-state index in [2.05, 4.69) is 41.2 Å². The number of nitrogens with one attached hydrogen (secondary N) is 2. The van der Waals surface area contributed by atoms with Crippen LogP contribution in [0.15, 0.2) is 6.33 Å². The summed E-state index contributed by atoms with van der Waals surface area (Å²) in [7, 11) is 0. The van der Waals surface area contributed by atoms with E-state index in [1.165, 1.54) is 6.33 Å². The molecule has 0 saturated heterocycles. The van der Waals surface area contributed by atoms with Gasteiger partial charge in [-0.15, -0.1) is 0 Å². The molecule has 2 heterocycles. The Bertz CT molecular complexity index is 528. The van der Waals surface area contributed by atoms with Gasteiger partial charge in [-0.2, -0.15) is 9.97 Å². The normalized spacial score (nSPS) is 10.6.